The first-order valence-corrected chi connectivity index (χ1v) is 7.45. The Morgan fingerprint density at radius 3 is 2.92 bits per heavy atom. The molecule has 0 radical (unpaired) electrons. The topological polar surface area (TPSA) is 125 Å². The fourth-order valence-corrected chi connectivity index (χ4v) is 2.65. The van der Waals surface area contributed by atoms with E-state index in [1.165, 1.54) is 16.7 Å². The van der Waals surface area contributed by atoms with Gasteiger partial charge in [0.1, 0.15) is 0 Å². The van der Waals surface area contributed by atoms with Crippen molar-refractivity contribution in [2.45, 2.75) is 6.54 Å². The highest BCUT2D eigenvalue weighted by Crippen LogP contribution is 2.14. The Balaban J connectivity index is 1.66. The SMILES string of the molecule is O=C(NCc1nnc2c(=O)[nH]ccn12)c1cc(=O)[nH]c2ccccc12. The number of aromatic amines is 2. The minimum Gasteiger partial charge on any atom is -0.345 e. The Hall–Kier alpha value is -3.75. The molecule has 4 aromatic rings. The number of benzene rings is 1. The highest BCUT2D eigenvalue weighted by atomic mass is 16.2. The number of hydrogen-bond acceptors (Lipinski definition) is 5. The number of fused-ring (bicyclic) bond motifs is 2. The second-order valence-corrected chi connectivity index (χ2v) is 5.37. The molecule has 0 aliphatic rings. The first kappa shape index (κ1) is 14.8. The van der Waals surface area contributed by atoms with E-state index < -0.39 is 5.91 Å². The van der Waals surface area contributed by atoms with Crippen molar-refractivity contribution in [1.82, 2.24) is 29.9 Å². The van der Waals surface area contributed by atoms with Crippen LogP contribution in [0.2, 0.25) is 0 Å². The van der Waals surface area contributed by atoms with Gasteiger partial charge in [-0.25, -0.2) is 0 Å². The number of para-hydroxylation sites is 1. The lowest BCUT2D eigenvalue weighted by Crippen LogP contribution is -2.26. The smallest absolute Gasteiger partial charge is 0.293 e. The van der Waals surface area contributed by atoms with E-state index in [2.05, 4.69) is 25.5 Å². The van der Waals surface area contributed by atoms with Gasteiger partial charge in [-0.1, -0.05) is 18.2 Å². The van der Waals surface area contributed by atoms with E-state index in [0.717, 1.165) is 0 Å². The molecule has 9 heteroatoms. The van der Waals surface area contributed by atoms with E-state index in [1.54, 1.807) is 30.5 Å². The molecule has 0 saturated carbocycles. The van der Waals surface area contributed by atoms with Crippen molar-refractivity contribution in [2.75, 3.05) is 0 Å². The molecule has 0 aliphatic carbocycles. The van der Waals surface area contributed by atoms with Crippen LogP contribution in [0.3, 0.4) is 0 Å². The quantitative estimate of drug-likeness (QED) is 0.492. The van der Waals surface area contributed by atoms with E-state index in [-0.39, 0.29) is 28.9 Å². The van der Waals surface area contributed by atoms with E-state index in [4.69, 9.17) is 0 Å². The minimum atomic E-state index is -0.413. The van der Waals surface area contributed by atoms with Crippen molar-refractivity contribution in [1.29, 1.82) is 0 Å². The molecule has 3 heterocycles. The molecule has 0 unspecified atom stereocenters. The van der Waals surface area contributed by atoms with Crippen LogP contribution in [0.25, 0.3) is 16.6 Å². The fraction of sp³-hybridized carbons (Fsp3) is 0.0625. The maximum atomic E-state index is 12.5. The molecular formula is C16H12N6O3. The molecule has 3 N–H and O–H groups in total. The Labute approximate surface area is 139 Å². The summed E-state index contributed by atoms with van der Waals surface area (Å²) in [5, 5.41) is 11.1. The molecule has 124 valence electrons. The maximum absolute atomic E-state index is 12.5. The molecule has 0 aliphatic heterocycles. The Kier molecular flexibility index (Phi) is 3.38. The third kappa shape index (κ3) is 2.57. The van der Waals surface area contributed by atoms with Crippen molar-refractivity contribution < 1.29 is 4.79 Å². The zero-order valence-electron chi connectivity index (χ0n) is 12.8. The number of carbonyl (C=O) groups excluding carboxylic acids is 1. The van der Waals surface area contributed by atoms with Gasteiger partial charge in [-0.05, 0) is 6.07 Å². The lowest BCUT2D eigenvalue weighted by molar-refractivity contribution is 0.0951. The van der Waals surface area contributed by atoms with Gasteiger partial charge in [0.25, 0.3) is 11.5 Å². The zero-order chi connectivity index (χ0) is 17.4. The first-order valence-electron chi connectivity index (χ1n) is 7.45. The van der Waals surface area contributed by atoms with Gasteiger partial charge in [0, 0.05) is 29.4 Å². The number of aromatic nitrogens is 5. The summed E-state index contributed by atoms with van der Waals surface area (Å²) < 4.78 is 1.50. The molecule has 0 fully saturated rings. The summed E-state index contributed by atoms with van der Waals surface area (Å²) >= 11 is 0. The van der Waals surface area contributed by atoms with Crippen LogP contribution < -0.4 is 16.4 Å². The molecule has 25 heavy (non-hydrogen) atoms. The molecule has 0 spiro atoms. The van der Waals surface area contributed by atoms with Gasteiger partial charge in [0.2, 0.25) is 11.2 Å². The summed E-state index contributed by atoms with van der Waals surface area (Å²) in [6, 6.07) is 8.30. The number of rotatable bonds is 3. The third-order valence-electron chi connectivity index (χ3n) is 3.81. The number of amides is 1. The number of pyridine rings is 1. The van der Waals surface area contributed by atoms with Crippen molar-refractivity contribution in [3.63, 3.8) is 0 Å². The molecule has 1 aromatic carbocycles. The van der Waals surface area contributed by atoms with E-state index in [0.29, 0.717) is 16.7 Å². The fourth-order valence-electron chi connectivity index (χ4n) is 2.65. The highest BCUT2D eigenvalue weighted by Gasteiger charge is 2.13. The summed E-state index contributed by atoms with van der Waals surface area (Å²) in [6.45, 7) is 0.0601. The average molecular weight is 336 g/mol. The van der Waals surface area contributed by atoms with E-state index in [9.17, 15) is 14.4 Å². The Morgan fingerprint density at radius 2 is 2.04 bits per heavy atom. The largest absolute Gasteiger partial charge is 0.345 e. The van der Waals surface area contributed by atoms with E-state index in [1.807, 2.05) is 0 Å². The molecule has 9 nitrogen and oxygen atoms in total. The molecule has 0 atom stereocenters. The second kappa shape index (κ2) is 5.71. The molecule has 1 amide bonds. The number of H-pyrrole nitrogens is 2. The van der Waals surface area contributed by atoms with Crippen molar-refractivity contribution in [2.24, 2.45) is 0 Å². The maximum Gasteiger partial charge on any atom is 0.293 e. The van der Waals surface area contributed by atoms with Crippen LogP contribution in [0.1, 0.15) is 16.2 Å². The predicted molar refractivity (Wildman–Crippen MR) is 89.3 cm³/mol. The van der Waals surface area contributed by atoms with Crippen LogP contribution in [-0.4, -0.2) is 30.5 Å². The predicted octanol–water partition coefficient (Wildman–Crippen LogP) is 0.189. The monoisotopic (exact) mass is 336 g/mol. The van der Waals surface area contributed by atoms with Crippen molar-refractivity contribution >= 4 is 22.5 Å². The third-order valence-corrected chi connectivity index (χ3v) is 3.81. The lowest BCUT2D eigenvalue weighted by Gasteiger charge is -2.07. The van der Waals surface area contributed by atoms with Gasteiger partial charge in [-0.2, -0.15) is 0 Å². The minimum absolute atomic E-state index is 0.0601. The summed E-state index contributed by atoms with van der Waals surface area (Å²) in [5.74, 6) is -0.00696. The van der Waals surface area contributed by atoms with Crippen molar-refractivity contribution in [3.8, 4) is 0 Å². The zero-order valence-corrected chi connectivity index (χ0v) is 12.8. The molecule has 0 bridgehead atoms. The standard InChI is InChI=1S/C16H12N6O3/c23-13-7-10(9-3-1-2-4-11(9)19-13)15(24)18-8-12-20-21-14-16(25)17-5-6-22(12)14/h1-7H,8H2,(H,17,25)(H,18,24)(H,19,23). The molecule has 4 rings (SSSR count). The highest BCUT2D eigenvalue weighted by molar-refractivity contribution is 6.05. The average Bonchev–Trinajstić information content (AvgIpc) is 3.03. The van der Waals surface area contributed by atoms with Gasteiger partial charge >= 0.3 is 0 Å². The molecule has 0 saturated heterocycles. The van der Waals surface area contributed by atoms with Crippen LogP contribution in [0.4, 0.5) is 0 Å². The van der Waals surface area contributed by atoms with Crippen LogP contribution in [0, 0.1) is 0 Å². The number of nitrogens with one attached hydrogen (secondary N) is 3. The number of nitrogens with zero attached hydrogens (tertiary/aromatic N) is 3. The van der Waals surface area contributed by atoms with Crippen LogP contribution in [0.15, 0.2) is 52.3 Å². The first-order chi connectivity index (χ1) is 12.1. The molecule has 3 aromatic heterocycles. The second-order valence-electron chi connectivity index (χ2n) is 5.37. The lowest BCUT2D eigenvalue weighted by atomic mass is 10.1. The molecular weight excluding hydrogens is 324 g/mol. The van der Waals surface area contributed by atoms with Crippen LogP contribution >= 0.6 is 0 Å². The Bertz CT molecular complexity index is 1220. The van der Waals surface area contributed by atoms with Gasteiger partial charge in [-0.3, -0.25) is 18.8 Å². The van der Waals surface area contributed by atoms with Crippen LogP contribution in [-0.2, 0) is 6.54 Å². The normalized spacial score (nSPS) is 11.0. The summed E-state index contributed by atoms with van der Waals surface area (Å²) in [6.07, 6.45) is 3.06. The number of carbonyl (C=O) groups is 1. The van der Waals surface area contributed by atoms with Crippen molar-refractivity contribution in [3.05, 3.63) is 74.8 Å². The van der Waals surface area contributed by atoms with Gasteiger partial charge in [0.15, 0.2) is 5.82 Å². The van der Waals surface area contributed by atoms with Gasteiger partial charge < -0.3 is 15.3 Å². The Morgan fingerprint density at radius 1 is 1.20 bits per heavy atom. The van der Waals surface area contributed by atoms with Gasteiger partial charge in [0.05, 0.1) is 12.1 Å². The van der Waals surface area contributed by atoms with Crippen LogP contribution in [0.5, 0.6) is 0 Å². The number of hydrogen-bond donors (Lipinski definition) is 3. The van der Waals surface area contributed by atoms with E-state index >= 15 is 0 Å². The summed E-state index contributed by atoms with van der Waals surface area (Å²) in [4.78, 5) is 41.1. The summed E-state index contributed by atoms with van der Waals surface area (Å²) in [5.41, 5.74) is 0.274. The summed E-state index contributed by atoms with van der Waals surface area (Å²) in [7, 11) is 0. The van der Waals surface area contributed by atoms with Gasteiger partial charge in [-0.15, -0.1) is 10.2 Å².